The minimum Gasteiger partial charge on any atom is -0.375 e. The molecule has 1 heterocycles. The lowest BCUT2D eigenvalue weighted by atomic mass is 9.89. The number of ether oxygens (including phenoxy) is 1. The van der Waals surface area contributed by atoms with E-state index in [-0.39, 0.29) is 0 Å². The van der Waals surface area contributed by atoms with Crippen molar-refractivity contribution in [3.8, 4) is 0 Å². The first-order chi connectivity index (χ1) is 3.83. The summed E-state index contributed by atoms with van der Waals surface area (Å²) < 4.78 is 5.42. The van der Waals surface area contributed by atoms with Crippen LogP contribution in [0.4, 0.5) is 0 Å². The molecule has 0 radical (unpaired) electrons. The van der Waals surface area contributed by atoms with Gasteiger partial charge in [0.05, 0.1) is 12.2 Å². The van der Waals surface area contributed by atoms with Crippen LogP contribution in [0.3, 0.4) is 0 Å². The summed E-state index contributed by atoms with van der Waals surface area (Å²) in [4.78, 5) is 0. The maximum atomic E-state index is 5.42. The zero-order valence-electron chi connectivity index (χ0n) is 5.74. The summed E-state index contributed by atoms with van der Waals surface area (Å²) in [5, 5.41) is 0. The van der Waals surface area contributed by atoms with E-state index in [4.69, 9.17) is 4.74 Å². The highest BCUT2D eigenvalue weighted by Gasteiger charge is 2.33. The molecular weight excluding hydrogens is 100 g/mol. The minimum absolute atomic E-state index is 0.306. The van der Waals surface area contributed by atoms with Gasteiger partial charge in [0.1, 0.15) is 0 Å². The quantitative estimate of drug-likeness (QED) is 0.533. The Labute approximate surface area is 51.0 Å². The van der Waals surface area contributed by atoms with Crippen LogP contribution in [-0.4, -0.2) is 12.2 Å². The molecule has 0 bridgehead atoms. The Morgan fingerprint density at radius 1 is 1.38 bits per heavy atom. The van der Waals surface area contributed by atoms with Crippen molar-refractivity contribution in [2.75, 3.05) is 6.61 Å². The lowest BCUT2D eigenvalue weighted by Crippen LogP contribution is -2.42. The Morgan fingerprint density at radius 2 is 1.88 bits per heavy atom. The van der Waals surface area contributed by atoms with Crippen molar-refractivity contribution in [2.24, 2.45) is 0 Å². The molecule has 0 atom stereocenters. The molecule has 1 aliphatic heterocycles. The molecule has 0 N–H and O–H groups in total. The summed E-state index contributed by atoms with van der Waals surface area (Å²) >= 11 is 0. The van der Waals surface area contributed by atoms with Gasteiger partial charge in [0, 0.05) is 0 Å². The second-order valence-electron chi connectivity index (χ2n) is 2.49. The second kappa shape index (κ2) is 2.06. The standard InChI is InChI=1S/C7H14O/c1-3-7(4-2)5-6-8-7/h3-6H2,1-2H3. The monoisotopic (exact) mass is 114 g/mol. The number of hydrogen-bond donors (Lipinski definition) is 0. The SMILES string of the molecule is CCC1(CC)CCO1. The van der Waals surface area contributed by atoms with Crippen LogP contribution in [0.25, 0.3) is 0 Å². The Bertz CT molecular complexity index is 60.9. The molecule has 0 unspecified atom stereocenters. The van der Waals surface area contributed by atoms with Crippen molar-refractivity contribution in [1.29, 1.82) is 0 Å². The largest absolute Gasteiger partial charge is 0.375 e. The van der Waals surface area contributed by atoms with Crippen LogP contribution in [0.15, 0.2) is 0 Å². The molecule has 1 saturated heterocycles. The molecule has 0 aliphatic carbocycles. The third-order valence-corrected chi connectivity index (χ3v) is 2.25. The molecule has 0 spiro atoms. The van der Waals surface area contributed by atoms with Crippen LogP contribution in [-0.2, 0) is 4.74 Å². The molecule has 0 aromatic rings. The van der Waals surface area contributed by atoms with E-state index in [0.29, 0.717) is 5.60 Å². The van der Waals surface area contributed by atoms with Crippen LogP contribution >= 0.6 is 0 Å². The molecule has 0 aromatic carbocycles. The van der Waals surface area contributed by atoms with E-state index >= 15 is 0 Å². The maximum Gasteiger partial charge on any atom is 0.0699 e. The molecule has 8 heavy (non-hydrogen) atoms. The van der Waals surface area contributed by atoms with Gasteiger partial charge in [0.15, 0.2) is 0 Å². The van der Waals surface area contributed by atoms with Crippen molar-refractivity contribution in [2.45, 2.75) is 38.7 Å². The topological polar surface area (TPSA) is 9.23 Å². The minimum atomic E-state index is 0.306. The Balaban J connectivity index is 2.33. The van der Waals surface area contributed by atoms with Crippen molar-refractivity contribution >= 4 is 0 Å². The van der Waals surface area contributed by atoms with Crippen molar-refractivity contribution in [3.05, 3.63) is 0 Å². The zero-order chi connectivity index (χ0) is 6.04. The van der Waals surface area contributed by atoms with E-state index in [0.717, 1.165) is 6.61 Å². The predicted octanol–water partition coefficient (Wildman–Crippen LogP) is 1.97. The van der Waals surface area contributed by atoms with Gasteiger partial charge in [-0.2, -0.15) is 0 Å². The van der Waals surface area contributed by atoms with Gasteiger partial charge in [0.25, 0.3) is 0 Å². The summed E-state index contributed by atoms with van der Waals surface area (Å²) in [5.74, 6) is 0. The Morgan fingerprint density at radius 3 is 1.88 bits per heavy atom. The number of rotatable bonds is 2. The molecule has 1 heteroatoms. The maximum absolute atomic E-state index is 5.42. The first-order valence-corrected chi connectivity index (χ1v) is 3.47. The molecule has 1 fully saturated rings. The summed E-state index contributed by atoms with van der Waals surface area (Å²) in [6, 6.07) is 0. The van der Waals surface area contributed by atoms with Crippen LogP contribution in [0, 0.1) is 0 Å². The normalized spacial score (nSPS) is 24.8. The summed E-state index contributed by atoms with van der Waals surface area (Å²) in [6.45, 7) is 5.38. The summed E-state index contributed by atoms with van der Waals surface area (Å²) in [6.07, 6.45) is 3.65. The van der Waals surface area contributed by atoms with Gasteiger partial charge < -0.3 is 4.74 Å². The first-order valence-electron chi connectivity index (χ1n) is 3.47. The highest BCUT2D eigenvalue weighted by atomic mass is 16.5. The van der Waals surface area contributed by atoms with Crippen molar-refractivity contribution in [3.63, 3.8) is 0 Å². The van der Waals surface area contributed by atoms with Crippen LogP contribution in [0.1, 0.15) is 33.1 Å². The lowest BCUT2D eigenvalue weighted by Gasteiger charge is -2.40. The fraction of sp³-hybridized carbons (Fsp3) is 1.00. The smallest absolute Gasteiger partial charge is 0.0699 e. The molecule has 1 nitrogen and oxygen atoms in total. The molecular formula is C7H14O. The van der Waals surface area contributed by atoms with E-state index in [2.05, 4.69) is 13.8 Å². The molecule has 1 aliphatic rings. The van der Waals surface area contributed by atoms with Gasteiger partial charge in [-0.3, -0.25) is 0 Å². The van der Waals surface area contributed by atoms with E-state index in [1.54, 1.807) is 0 Å². The van der Waals surface area contributed by atoms with Gasteiger partial charge in [-0.1, -0.05) is 13.8 Å². The molecule has 0 saturated carbocycles. The molecule has 0 aromatic heterocycles. The highest BCUT2D eigenvalue weighted by Crippen LogP contribution is 2.32. The van der Waals surface area contributed by atoms with Gasteiger partial charge in [-0.25, -0.2) is 0 Å². The molecule has 1 rings (SSSR count). The van der Waals surface area contributed by atoms with E-state index in [1.165, 1.54) is 19.3 Å². The molecule has 0 amide bonds. The van der Waals surface area contributed by atoms with Crippen molar-refractivity contribution in [1.82, 2.24) is 0 Å². The van der Waals surface area contributed by atoms with E-state index < -0.39 is 0 Å². The zero-order valence-corrected chi connectivity index (χ0v) is 5.74. The van der Waals surface area contributed by atoms with Gasteiger partial charge in [-0.15, -0.1) is 0 Å². The molecule has 48 valence electrons. The average Bonchev–Trinajstić information content (AvgIpc) is 1.67. The van der Waals surface area contributed by atoms with E-state index in [1.807, 2.05) is 0 Å². The van der Waals surface area contributed by atoms with Gasteiger partial charge in [-0.05, 0) is 19.3 Å². The first kappa shape index (κ1) is 6.09. The number of hydrogen-bond acceptors (Lipinski definition) is 1. The van der Waals surface area contributed by atoms with E-state index in [9.17, 15) is 0 Å². The predicted molar refractivity (Wildman–Crippen MR) is 33.9 cm³/mol. The van der Waals surface area contributed by atoms with Crippen LogP contribution in [0.5, 0.6) is 0 Å². The fourth-order valence-corrected chi connectivity index (χ4v) is 1.20. The third kappa shape index (κ3) is 0.752. The Hall–Kier alpha value is -0.0400. The second-order valence-corrected chi connectivity index (χ2v) is 2.49. The highest BCUT2D eigenvalue weighted by molar-refractivity contribution is 4.83. The van der Waals surface area contributed by atoms with Crippen LogP contribution < -0.4 is 0 Å². The fourth-order valence-electron chi connectivity index (χ4n) is 1.20. The van der Waals surface area contributed by atoms with Gasteiger partial charge >= 0.3 is 0 Å². The van der Waals surface area contributed by atoms with Crippen LogP contribution in [0.2, 0.25) is 0 Å². The third-order valence-electron chi connectivity index (χ3n) is 2.25. The van der Waals surface area contributed by atoms with Crippen molar-refractivity contribution < 1.29 is 4.74 Å². The average molecular weight is 114 g/mol. The summed E-state index contributed by atoms with van der Waals surface area (Å²) in [5.41, 5.74) is 0.306. The lowest BCUT2D eigenvalue weighted by molar-refractivity contribution is -0.150. The Kier molecular flexibility index (Phi) is 1.57. The van der Waals surface area contributed by atoms with Gasteiger partial charge in [0.2, 0.25) is 0 Å². The summed E-state index contributed by atoms with van der Waals surface area (Å²) in [7, 11) is 0.